The summed E-state index contributed by atoms with van der Waals surface area (Å²) in [4.78, 5) is 35.3. The van der Waals surface area contributed by atoms with E-state index in [1.807, 2.05) is 20.8 Å². The van der Waals surface area contributed by atoms with Gasteiger partial charge in [0.2, 0.25) is 0 Å². The lowest BCUT2D eigenvalue weighted by atomic mass is 10.1. The average Bonchev–Trinajstić information content (AvgIpc) is 2.35. The van der Waals surface area contributed by atoms with Crippen molar-refractivity contribution in [3.8, 4) is 0 Å². The van der Waals surface area contributed by atoms with E-state index in [2.05, 4.69) is 10.1 Å². The maximum Gasteiger partial charge on any atom is 0.326 e. The van der Waals surface area contributed by atoms with Crippen LogP contribution in [0.15, 0.2) is 0 Å². The number of nitrogens with zero attached hydrogens (tertiary/aromatic N) is 1. The second kappa shape index (κ2) is 7.60. The van der Waals surface area contributed by atoms with Crippen LogP contribution in [0.3, 0.4) is 0 Å². The van der Waals surface area contributed by atoms with Crippen LogP contribution in [0.1, 0.15) is 27.2 Å². The van der Waals surface area contributed by atoms with Crippen LogP contribution in [0.4, 0.5) is 4.79 Å². The number of aliphatic carboxylic acids is 1. The molecule has 0 aliphatic carbocycles. The van der Waals surface area contributed by atoms with Crippen LogP contribution in [0.25, 0.3) is 0 Å². The first kappa shape index (κ1) is 17.2. The molecule has 1 unspecified atom stereocenters. The zero-order valence-electron chi connectivity index (χ0n) is 12.0. The highest BCUT2D eigenvalue weighted by Crippen LogP contribution is 2.08. The number of carboxylic acid groups (broad SMARTS) is 1. The highest BCUT2D eigenvalue weighted by atomic mass is 16.5. The standard InChI is InChI=1S/C12H22N2O5/c1-7(2)8(3)14(4)12(18)13-9(11(16)17)6-10(15)19-5/h7-9H,6H2,1-5H3,(H,13,18)(H,16,17)/t8?,9-/m0/s1. The minimum Gasteiger partial charge on any atom is -0.480 e. The van der Waals surface area contributed by atoms with Crippen molar-refractivity contribution >= 4 is 18.0 Å². The molecule has 0 saturated carbocycles. The molecule has 0 saturated heterocycles. The first-order chi connectivity index (χ1) is 8.70. The second-order valence-electron chi connectivity index (χ2n) is 4.72. The van der Waals surface area contributed by atoms with Crippen LogP contribution in [-0.4, -0.2) is 54.2 Å². The van der Waals surface area contributed by atoms with Gasteiger partial charge in [0.15, 0.2) is 0 Å². The van der Waals surface area contributed by atoms with E-state index < -0.39 is 30.4 Å². The number of urea groups is 1. The van der Waals surface area contributed by atoms with Gasteiger partial charge in [-0.1, -0.05) is 13.8 Å². The molecule has 0 fully saturated rings. The fourth-order valence-electron chi connectivity index (χ4n) is 1.33. The first-order valence-corrected chi connectivity index (χ1v) is 6.03. The fraction of sp³-hybridized carbons (Fsp3) is 0.750. The van der Waals surface area contributed by atoms with Crippen LogP contribution in [-0.2, 0) is 14.3 Å². The van der Waals surface area contributed by atoms with Gasteiger partial charge in [0.25, 0.3) is 0 Å². The molecular weight excluding hydrogens is 252 g/mol. The largest absolute Gasteiger partial charge is 0.480 e. The summed E-state index contributed by atoms with van der Waals surface area (Å²) in [6, 6.07) is -1.87. The van der Waals surface area contributed by atoms with Gasteiger partial charge in [-0.2, -0.15) is 0 Å². The predicted octanol–water partition coefficient (Wildman–Crippen LogP) is 0.689. The van der Waals surface area contributed by atoms with Crippen LogP contribution in [0, 0.1) is 5.92 Å². The molecule has 2 amide bonds. The molecule has 110 valence electrons. The number of methoxy groups -OCH3 is 1. The molecule has 0 rings (SSSR count). The third kappa shape index (κ3) is 5.58. The van der Waals surface area contributed by atoms with Crippen molar-refractivity contribution in [2.24, 2.45) is 5.92 Å². The Morgan fingerprint density at radius 2 is 1.79 bits per heavy atom. The lowest BCUT2D eigenvalue weighted by Gasteiger charge is -2.29. The van der Waals surface area contributed by atoms with E-state index in [0.717, 1.165) is 7.11 Å². The summed E-state index contributed by atoms with van der Waals surface area (Å²) in [6.07, 6.45) is -0.401. The summed E-state index contributed by atoms with van der Waals surface area (Å²) in [6.45, 7) is 5.77. The van der Waals surface area contributed by atoms with Crippen LogP contribution >= 0.6 is 0 Å². The molecule has 0 spiro atoms. The number of ether oxygens (including phenoxy) is 1. The number of carboxylic acids is 1. The molecule has 0 aromatic carbocycles. The molecule has 0 aromatic rings. The number of esters is 1. The summed E-state index contributed by atoms with van der Waals surface area (Å²) in [5, 5.41) is 11.3. The average molecular weight is 274 g/mol. The second-order valence-corrected chi connectivity index (χ2v) is 4.72. The minimum atomic E-state index is -1.29. The highest BCUT2D eigenvalue weighted by Gasteiger charge is 2.27. The van der Waals surface area contributed by atoms with Gasteiger partial charge in [-0.3, -0.25) is 4.79 Å². The smallest absolute Gasteiger partial charge is 0.326 e. The van der Waals surface area contributed by atoms with Gasteiger partial charge in [0, 0.05) is 13.1 Å². The highest BCUT2D eigenvalue weighted by molar-refractivity contribution is 5.86. The molecule has 0 aliphatic rings. The molecule has 19 heavy (non-hydrogen) atoms. The van der Waals surface area contributed by atoms with Crippen molar-refractivity contribution < 1.29 is 24.2 Å². The number of carbonyl (C=O) groups excluding carboxylic acids is 2. The number of hydrogen-bond donors (Lipinski definition) is 2. The summed E-state index contributed by atoms with van der Waals surface area (Å²) in [5.74, 6) is -1.73. The Hall–Kier alpha value is -1.79. The van der Waals surface area contributed by atoms with Crippen LogP contribution in [0.5, 0.6) is 0 Å². The number of rotatable bonds is 6. The van der Waals surface area contributed by atoms with Gasteiger partial charge in [-0.25, -0.2) is 9.59 Å². The number of amides is 2. The summed E-state index contributed by atoms with van der Waals surface area (Å²) in [7, 11) is 2.74. The third-order valence-corrected chi connectivity index (χ3v) is 3.09. The van der Waals surface area contributed by atoms with Gasteiger partial charge >= 0.3 is 18.0 Å². The lowest BCUT2D eigenvalue weighted by Crippen LogP contribution is -2.50. The van der Waals surface area contributed by atoms with Crippen molar-refractivity contribution in [1.82, 2.24) is 10.2 Å². The maximum atomic E-state index is 11.9. The van der Waals surface area contributed by atoms with E-state index >= 15 is 0 Å². The minimum absolute atomic E-state index is 0.0485. The van der Waals surface area contributed by atoms with E-state index in [-0.39, 0.29) is 12.0 Å². The van der Waals surface area contributed by atoms with E-state index in [1.165, 1.54) is 4.90 Å². The fourth-order valence-corrected chi connectivity index (χ4v) is 1.33. The van der Waals surface area contributed by atoms with Gasteiger partial charge in [0.1, 0.15) is 6.04 Å². The van der Waals surface area contributed by atoms with Gasteiger partial charge in [-0.15, -0.1) is 0 Å². The van der Waals surface area contributed by atoms with E-state index in [1.54, 1.807) is 7.05 Å². The van der Waals surface area contributed by atoms with Crippen molar-refractivity contribution in [1.29, 1.82) is 0 Å². The number of carbonyl (C=O) groups is 3. The molecule has 7 heteroatoms. The third-order valence-electron chi connectivity index (χ3n) is 3.09. The van der Waals surface area contributed by atoms with E-state index in [4.69, 9.17) is 5.11 Å². The SMILES string of the molecule is COC(=O)C[C@H](NC(=O)N(C)C(C)C(C)C)C(=O)O. The summed E-state index contributed by atoms with van der Waals surface area (Å²) < 4.78 is 4.39. The van der Waals surface area contributed by atoms with E-state index in [0.29, 0.717) is 0 Å². The van der Waals surface area contributed by atoms with Crippen molar-refractivity contribution in [2.45, 2.75) is 39.3 Å². The molecule has 0 heterocycles. The molecule has 0 radical (unpaired) electrons. The molecule has 0 bridgehead atoms. The quantitative estimate of drug-likeness (QED) is 0.695. The Kier molecular flexibility index (Phi) is 6.89. The Bertz CT molecular complexity index is 343. The Balaban J connectivity index is 4.63. The summed E-state index contributed by atoms with van der Waals surface area (Å²) in [5.41, 5.74) is 0. The van der Waals surface area contributed by atoms with Gasteiger partial charge < -0.3 is 20.1 Å². The molecular formula is C12H22N2O5. The zero-order valence-corrected chi connectivity index (χ0v) is 12.0. The lowest BCUT2D eigenvalue weighted by molar-refractivity contribution is -0.147. The van der Waals surface area contributed by atoms with Gasteiger partial charge in [0.05, 0.1) is 13.5 Å². The predicted molar refractivity (Wildman–Crippen MR) is 68.7 cm³/mol. The molecule has 0 aromatic heterocycles. The molecule has 0 aliphatic heterocycles. The number of nitrogens with one attached hydrogen (secondary N) is 1. The normalized spacial score (nSPS) is 13.6. The van der Waals surface area contributed by atoms with Crippen LogP contribution < -0.4 is 5.32 Å². The number of hydrogen-bond acceptors (Lipinski definition) is 4. The molecule has 7 nitrogen and oxygen atoms in total. The monoisotopic (exact) mass is 274 g/mol. The first-order valence-electron chi connectivity index (χ1n) is 6.03. The Morgan fingerprint density at radius 1 is 1.26 bits per heavy atom. The van der Waals surface area contributed by atoms with Crippen molar-refractivity contribution in [3.05, 3.63) is 0 Å². The Labute approximate surface area is 112 Å². The molecule has 2 atom stereocenters. The van der Waals surface area contributed by atoms with Crippen LogP contribution in [0.2, 0.25) is 0 Å². The Morgan fingerprint density at radius 3 is 2.16 bits per heavy atom. The molecule has 2 N–H and O–H groups in total. The van der Waals surface area contributed by atoms with Crippen molar-refractivity contribution in [3.63, 3.8) is 0 Å². The summed E-state index contributed by atoms with van der Waals surface area (Å²) >= 11 is 0. The van der Waals surface area contributed by atoms with Gasteiger partial charge in [-0.05, 0) is 12.8 Å². The van der Waals surface area contributed by atoms with Crippen molar-refractivity contribution in [2.75, 3.05) is 14.2 Å². The maximum absolute atomic E-state index is 11.9. The topological polar surface area (TPSA) is 95.9 Å². The zero-order chi connectivity index (χ0) is 15.2. The van der Waals surface area contributed by atoms with E-state index in [9.17, 15) is 14.4 Å².